The summed E-state index contributed by atoms with van der Waals surface area (Å²) in [6.07, 6.45) is 4.67. The summed E-state index contributed by atoms with van der Waals surface area (Å²) in [7, 11) is 3.63. The van der Waals surface area contributed by atoms with Gasteiger partial charge in [0.1, 0.15) is 17.7 Å². The number of nitrogens with zero attached hydrogens (tertiary/aromatic N) is 6. The van der Waals surface area contributed by atoms with Crippen LogP contribution in [0.25, 0.3) is 0 Å². The Hall–Kier alpha value is -3.87. The van der Waals surface area contributed by atoms with Gasteiger partial charge >= 0.3 is 6.03 Å². The molecule has 0 saturated carbocycles. The van der Waals surface area contributed by atoms with Crippen LogP contribution in [0, 0.1) is 24.2 Å². The van der Waals surface area contributed by atoms with Gasteiger partial charge in [-0.2, -0.15) is 5.26 Å². The number of aliphatic imine (C=N–C) groups is 1. The molecule has 1 atom stereocenters. The number of ether oxygens (including phenoxy) is 1. The number of nitrogens with two attached hydrogens (primary N) is 1. The van der Waals surface area contributed by atoms with Crippen molar-refractivity contribution in [1.29, 1.82) is 5.26 Å². The van der Waals surface area contributed by atoms with Gasteiger partial charge < -0.3 is 20.3 Å². The second kappa shape index (κ2) is 9.96. The van der Waals surface area contributed by atoms with E-state index in [-0.39, 0.29) is 17.5 Å². The molecule has 2 amide bonds. The van der Waals surface area contributed by atoms with Crippen LogP contribution in [0.15, 0.2) is 41.5 Å². The average Bonchev–Trinajstić information content (AvgIpc) is 2.73. The zero-order chi connectivity index (χ0) is 23.3. The number of likely N-dealkylation sites (tertiary alicyclic amines) is 1. The Kier molecular flexibility index (Phi) is 7.10. The summed E-state index contributed by atoms with van der Waals surface area (Å²) in [6.45, 7) is 3.05. The second-order valence-corrected chi connectivity index (χ2v) is 7.71. The van der Waals surface area contributed by atoms with Gasteiger partial charge in [0.15, 0.2) is 0 Å². The molecule has 1 aromatic heterocycles. The molecule has 9 nitrogen and oxygen atoms in total. The number of primary amides is 1. The summed E-state index contributed by atoms with van der Waals surface area (Å²) in [6, 6.07) is 6.72. The molecule has 10 heteroatoms. The maximum absolute atomic E-state index is 14.4. The Morgan fingerprint density at radius 2 is 2.12 bits per heavy atom. The number of urea groups is 1. The quantitative estimate of drug-likeness (QED) is 0.445. The van der Waals surface area contributed by atoms with Crippen LogP contribution < -0.4 is 15.4 Å². The average molecular weight is 439 g/mol. The van der Waals surface area contributed by atoms with E-state index in [1.807, 2.05) is 32.1 Å². The summed E-state index contributed by atoms with van der Waals surface area (Å²) in [5.74, 6) is 0.269. The molecule has 0 spiro atoms. The van der Waals surface area contributed by atoms with E-state index in [9.17, 15) is 9.18 Å². The molecule has 32 heavy (non-hydrogen) atoms. The number of aryl methyl sites for hydroxylation is 1. The van der Waals surface area contributed by atoms with Gasteiger partial charge in [-0.3, -0.25) is 9.88 Å². The summed E-state index contributed by atoms with van der Waals surface area (Å²) in [4.78, 5) is 25.1. The number of guanidine groups is 1. The number of halogens is 1. The molecule has 2 N–H and O–H groups in total. The Labute approximate surface area is 186 Å². The number of nitriles is 1. The number of hydrogen-bond donors (Lipinski definition) is 1. The Balaban J connectivity index is 1.84. The van der Waals surface area contributed by atoms with Crippen LogP contribution in [0.5, 0.6) is 5.75 Å². The SMILES string of the molecule is Cc1ccc(N(C(N)=O)c2cc(F)cc(O[C@H]3CCCN(C(=NC#N)N(C)C)C3)c2)cn1. The Morgan fingerprint density at radius 3 is 2.75 bits per heavy atom. The fourth-order valence-corrected chi connectivity index (χ4v) is 3.65. The highest BCUT2D eigenvalue weighted by atomic mass is 19.1. The normalized spacial score (nSPS) is 16.3. The molecular weight excluding hydrogens is 413 g/mol. The van der Waals surface area contributed by atoms with E-state index in [0.29, 0.717) is 18.2 Å². The smallest absolute Gasteiger partial charge is 0.323 e. The zero-order valence-electron chi connectivity index (χ0n) is 18.3. The fourth-order valence-electron chi connectivity index (χ4n) is 3.65. The standard InChI is InChI=1S/C22H26FN7O2/c1-15-6-7-17(12-26-15)30(21(25)31)18-9-16(23)10-20(11-18)32-19-5-4-8-29(13-19)22(27-14-24)28(2)3/h6-7,9-12,19H,4-5,8,13H2,1-3H3,(H2,25,31)/t19-/m0/s1. The molecule has 0 unspecified atom stereocenters. The van der Waals surface area contributed by atoms with Crippen LogP contribution in [0.3, 0.4) is 0 Å². The summed E-state index contributed by atoms with van der Waals surface area (Å²) < 4.78 is 20.5. The number of pyridine rings is 1. The number of benzene rings is 1. The number of hydrogen-bond acceptors (Lipinski definition) is 5. The third-order valence-electron chi connectivity index (χ3n) is 5.00. The number of aromatic nitrogens is 1. The van der Waals surface area contributed by atoms with Gasteiger partial charge in [0, 0.05) is 38.5 Å². The molecule has 1 saturated heterocycles. The second-order valence-electron chi connectivity index (χ2n) is 7.71. The molecule has 2 heterocycles. The van der Waals surface area contributed by atoms with Gasteiger partial charge in [-0.25, -0.2) is 9.18 Å². The highest BCUT2D eigenvalue weighted by molar-refractivity contribution is 5.98. The van der Waals surface area contributed by atoms with Crippen molar-refractivity contribution in [2.24, 2.45) is 10.7 Å². The molecule has 1 aliphatic rings. The van der Waals surface area contributed by atoms with Gasteiger partial charge in [-0.05, 0) is 38.0 Å². The fraction of sp³-hybridized carbons (Fsp3) is 0.364. The van der Waals surface area contributed by atoms with E-state index in [2.05, 4.69) is 9.98 Å². The highest BCUT2D eigenvalue weighted by Gasteiger charge is 2.26. The first-order chi connectivity index (χ1) is 15.3. The number of carbonyl (C=O) groups excluding carboxylic acids is 1. The maximum atomic E-state index is 14.4. The van der Waals surface area contributed by atoms with Gasteiger partial charge in [-0.1, -0.05) is 0 Å². The van der Waals surface area contributed by atoms with Crippen molar-refractivity contribution in [3.05, 3.63) is 48.0 Å². The monoisotopic (exact) mass is 439 g/mol. The van der Waals surface area contributed by atoms with E-state index in [0.717, 1.165) is 25.1 Å². The first-order valence-electron chi connectivity index (χ1n) is 10.2. The first kappa shape index (κ1) is 22.8. The summed E-state index contributed by atoms with van der Waals surface area (Å²) in [5, 5.41) is 8.97. The van der Waals surface area contributed by atoms with Crippen LogP contribution in [-0.2, 0) is 0 Å². The molecule has 168 valence electrons. The number of rotatable bonds is 4. The van der Waals surface area contributed by atoms with E-state index >= 15 is 0 Å². The predicted molar refractivity (Wildman–Crippen MR) is 119 cm³/mol. The van der Waals surface area contributed by atoms with Crippen LogP contribution in [0.2, 0.25) is 0 Å². The molecule has 1 aromatic carbocycles. The van der Waals surface area contributed by atoms with Crippen LogP contribution in [-0.4, -0.2) is 60.1 Å². The molecule has 3 rings (SSSR count). The number of amides is 2. The van der Waals surface area contributed by atoms with Crippen molar-refractivity contribution in [3.8, 4) is 11.9 Å². The molecule has 1 aliphatic heterocycles. The third-order valence-corrected chi connectivity index (χ3v) is 5.00. The van der Waals surface area contributed by atoms with Crippen LogP contribution in [0.4, 0.5) is 20.6 Å². The Morgan fingerprint density at radius 1 is 1.34 bits per heavy atom. The van der Waals surface area contributed by atoms with Crippen molar-refractivity contribution in [1.82, 2.24) is 14.8 Å². The minimum absolute atomic E-state index is 0.242. The number of anilines is 2. The topological polar surface area (TPSA) is 111 Å². The molecule has 0 aliphatic carbocycles. The van der Waals surface area contributed by atoms with Crippen LogP contribution >= 0.6 is 0 Å². The summed E-state index contributed by atoms with van der Waals surface area (Å²) >= 11 is 0. The predicted octanol–water partition coefficient (Wildman–Crippen LogP) is 2.99. The van der Waals surface area contributed by atoms with E-state index in [4.69, 9.17) is 15.7 Å². The zero-order valence-corrected chi connectivity index (χ0v) is 18.3. The minimum Gasteiger partial charge on any atom is -0.488 e. The lowest BCUT2D eigenvalue weighted by atomic mass is 10.1. The van der Waals surface area contributed by atoms with Crippen molar-refractivity contribution < 1.29 is 13.9 Å². The van der Waals surface area contributed by atoms with Gasteiger partial charge in [0.05, 0.1) is 24.1 Å². The minimum atomic E-state index is -0.764. The lowest BCUT2D eigenvalue weighted by molar-refractivity contribution is 0.119. The molecule has 0 radical (unpaired) electrons. The number of piperidine rings is 1. The highest BCUT2D eigenvalue weighted by Crippen LogP contribution is 2.30. The van der Waals surface area contributed by atoms with Gasteiger partial charge in [0.2, 0.25) is 12.2 Å². The van der Waals surface area contributed by atoms with Crippen molar-refractivity contribution in [2.75, 3.05) is 32.1 Å². The van der Waals surface area contributed by atoms with Crippen LogP contribution in [0.1, 0.15) is 18.5 Å². The lowest BCUT2D eigenvalue weighted by Gasteiger charge is -2.36. The Bertz CT molecular complexity index is 1030. The number of carbonyl (C=O) groups is 1. The van der Waals surface area contributed by atoms with Crippen molar-refractivity contribution in [3.63, 3.8) is 0 Å². The first-order valence-corrected chi connectivity index (χ1v) is 10.2. The van der Waals surface area contributed by atoms with E-state index in [1.54, 1.807) is 23.1 Å². The lowest BCUT2D eigenvalue weighted by Crippen LogP contribution is -2.49. The van der Waals surface area contributed by atoms with Gasteiger partial charge in [0.25, 0.3) is 0 Å². The van der Waals surface area contributed by atoms with E-state index in [1.165, 1.54) is 23.2 Å². The molecular formula is C22H26FN7O2. The largest absolute Gasteiger partial charge is 0.488 e. The maximum Gasteiger partial charge on any atom is 0.323 e. The molecule has 0 bridgehead atoms. The van der Waals surface area contributed by atoms with Crippen molar-refractivity contribution in [2.45, 2.75) is 25.9 Å². The molecule has 2 aromatic rings. The third kappa shape index (κ3) is 5.43. The van der Waals surface area contributed by atoms with E-state index < -0.39 is 11.8 Å². The summed E-state index contributed by atoms with van der Waals surface area (Å²) in [5.41, 5.74) is 7.02. The molecule has 1 fully saturated rings. The van der Waals surface area contributed by atoms with Crippen molar-refractivity contribution >= 4 is 23.4 Å². The van der Waals surface area contributed by atoms with Gasteiger partial charge in [-0.15, -0.1) is 4.99 Å².